The number of carbonyl (C=O) groups is 3. The lowest BCUT2D eigenvalue weighted by molar-refractivity contribution is -0.139. The molecule has 1 fully saturated rings. The lowest BCUT2D eigenvalue weighted by atomic mass is 9.94. The van der Waals surface area contributed by atoms with Gasteiger partial charge in [0.05, 0.1) is 16.7 Å². The number of halogens is 2. The summed E-state index contributed by atoms with van der Waals surface area (Å²) in [4.78, 5) is 39.3. The molecule has 47 heavy (non-hydrogen) atoms. The maximum atomic E-state index is 13.5. The van der Waals surface area contributed by atoms with Gasteiger partial charge in [-0.15, -0.1) is 0 Å². The van der Waals surface area contributed by atoms with Gasteiger partial charge in [-0.25, -0.2) is 4.79 Å². The standard InChI is InChI=1S/C38H30BrClN2O5/c39-27-16-19-32(42-37(46)38(20-21-38)26-14-17-28(40)18-15-26)31(23-27)35(43)41-33(36(44)45)22-24-10-12-25(13-11-24)30-8-4-5-9-34(30)47-29-6-2-1-3-7-29/h1-19,23,33H,20-22H2,(H,41,43)(H,42,46)(H,44,45)/t33-/m0/s1. The summed E-state index contributed by atoms with van der Waals surface area (Å²) in [5.74, 6) is -0.613. The van der Waals surface area contributed by atoms with Gasteiger partial charge in [-0.1, -0.05) is 100 Å². The summed E-state index contributed by atoms with van der Waals surface area (Å²) < 4.78 is 6.72. The Bertz CT molecular complexity index is 1930. The Labute approximate surface area is 285 Å². The van der Waals surface area contributed by atoms with Gasteiger partial charge in [0.15, 0.2) is 0 Å². The van der Waals surface area contributed by atoms with Crippen LogP contribution in [0.3, 0.4) is 0 Å². The number of benzene rings is 5. The van der Waals surface area contributed by atoms with Gasteiger partial charge in [0.1, 0.15) is 17.5 Å². The summed E-state index contributed by atoms with van der Waals surface area (Å²) >= 11 is 9.44. The Morgan fingerprint density at radius 1 is 0.851 bits per heavy atom. The van der Waals surface area contributed by atoms with Crippen molar-refractivity contribution in [3.8, 4) is 22.6 Å². The second kappa shape index (κ2) is 13.8. The fraction of sp³-hybridized carbons (Fsp3) is 0.132. The number of ether oxygens (including phenoxy) is 1. The van der Waals surface area contributed by atoms with Crippen LogP contribution in [0.5, 0.6) is 11.5 Å². The van der Waals surface area contributed by atoms with Gasteiger partial charge in [-0.2, -0.15) is 0 Å². The highest BCUT2D eigenvalue weighted by atomic mass is 79.9. The van der Waals surface area contributed by atoms with Crippen LogP contribution in [0.4, 0.5) is 5.69 Å². The van der Waals surface area contributed by atoms with E-state index in [1.165, 1.54) is 0 Å². The molecule has 1 aliphatic carbocycles. The summed E-state index contributed by atoms with van der Waals surface area (Å²) in [6.45, 7) is 0. The average Bonchev–Trinajstić information content (AvgIpc) is 3.89. The zero-order valence-corrected chi connectivity index (χ0v) is 27.4. The van der Waals surface area contributed by atoms with Crippen LogP contribution in [-0.2, 0) is 21.4 Å². The number of carboxylic acid groups (broad SMARTS) is 1. The van der Waals surface area contributed by atoms with E-state index in [4.69, 9.17) is 16.3 Å². The van der Waals surface area contributed by atoms with Gasteiger partial charge in [0.25, 0.3) is 5.91 Å². The first-order valence-electron chi connectivity index (χ1n) is 15.0. The second-order valence-electron chi connectivity index (χ2n) is 11.4. The number of carboxylic acids is 1. The monoisotopic (exact) mass is 708 g/mol. The van der Waals surface area contributed by atoms with Crippen molar-refractivity contribution in [2.24, 2.45) is 0 Å². The van der Waals surface area contributed by atoms with Crippen LogP contribution >= 0.6 is 27.5 Å². The third kappa shape index (κ3) is 7.40. The Morgan fingerprint density at radius 3 is 2.21 bits per heavy atom. The van der Waals surface area contributed by atoms with Crippen LogP contribution in [0, 0.1) is 0 Å². The summed E-state index contributed by atoms with van der Waals surface area (Å²) in [6.07, 6.45) is 1.40. The molecule has 5 aromatic rings. The molecule has 0 saturated heterocycles. The molecule has 9 heteroatoms. The molecule has 0 bridgehead atoms. The normalized spacial score (nSPS) is 13.7. The summed E-state index contributed by atoms with van der Waals surface area (Å²) in [6, 6.07) is 35.6. The minimum absolute atomic E-state index is 0.0545. The number of hydrogen-bond donors (Lipinski definition) is 3. The van der Waals surface area contributed by atoms with Gasteiger partial charge < -0.3 is 20.5 Å². The molecule has 1 saturated carbocycles. The molecule has 5 aromatic carbocycles. The van der Waals surface area contributed by atoms with Crippen molar-refractivity contribution < 1.29 is 24.2 Å². The molecule has 0 aliphatic heterocycles. The summed E-state index contributed by atoms with van der Waals surface area (Å²) in [5.41, 5.74) is 3.11. The highest BCUT2D eigenvalue weighted by molar-refractivity contribution is 9.10. The molecule has 236 valence electrons. The number of aliphatic carboxylic acids is 1. The molecule has 0 radical (unpaired) electrons. The van der Waals surface area contributed by atoms with E-state index in [0.29, 0.717) is 33.8 Å². The van der Waals surface area contributed by atoms with Crippen LogP contribution in [0.25, 0.3) is 11.1 Å². The van der Waals surface area contributed by atoms with Crippen LogP contribution < -0.4 is 15.4 Å². The van der Waals surface area contributed by atoms with Crippen LogP contribution in [0.1, 0.15) is 34.3 Å². The minimum Gasteiger partial charge on any atom is -0.480 e. The Balaban J connectivity index is 1.16. The molecule has 2 amide bonds. The lowest BCUT2D eigenvalue weighted by Gasteiger charge is -2.19. The average molecular weight is 710 g/mol. The van der Waals surface area contributed by atoms with Crippen LogP contribution in [-0.4, -0.2) is 28.9 Å². The zero-order chi connectivity index (χ0) is 33.0. The van der Waals surface area contributed by atoms with Gasteiger partial charge in [-0.05, 0) is 78.1 Å². The van der Waals surface area contributed by atoms with E-state index < -0.39 is 23.3 Å². The third-order valence-corrected chi connectivity index (χ3v) is 8.97. The highest BCUT2D eigenvalue weighted by Gasteiger charge is 2.51. The van der Waals surface area contributed by atoms with Gasteiger partial charge in [0.2, 0.25) is 5.91 Å². The molecule has 0 aromatic heterocycles. The number of amides is 2. The van der Waals surface area contributed by atoms with E-state index in [1.807, 2.05) is 91.0 Å². The predicted octanol–water partition coefficient (Wildman–Crippen LogP) is 8.66. The predicted molar refractivity (Wildman–Crippen MR) is 186 cm³/mol. The third-order valence-electron chi connectivity index (χ3n) is 8.22. The molecule has 0 heterocycles. The number of rotatable bonds is 11. The zero-order valence-electron chi connectivity index (χ0n) is 25.1. The highest BCUT2D eigenvalue weighted by Crippen LogP contribution is 2.49. The van der Waals surface area contributed by atoms with Gasteiger partial charge in [0, 0.05) is 21.5 Å². The van der Waals surface area contributed by atoms with Crippen molar-refractivity contribution in [3.63, 3.8) is 0 Å². The van der Waals surface area contributed by atoms with Gasteiger partial charge >= 0.3 is 5.97 Å². The first-order chi connectivity index (χ1) is 22.7. The smallest absolute Gasteiger partial charge is 0.326 e. The van der Waals surface area contributed by atoms with Crippen molar-refractivity contribution in [2.75, 3.05) is 5.32 Å². The van der Waals surface area contributed by atoms with E-state index in [9.17, 15) is 19.5 Å². The SMILES string of the molecule is O=C(N[C@@H](Cc1ccc(-c2ccccc2Oc2ccccc2)cc1)C(=O)O)c1cc(Br)ccc1NC(=O)C1(c2ccc(Cl)cc2)CC1. The molecule has 0 unspecified atom stereocenters. The Morgan fingerprint density at radius 2 is 1.53 bits per heavy atom. The first-order valence-corrected chi connectivity index (χ1v) is 16.2. The molecule has 7 nitrogen and oxygen atoms in total. The molecule has 1 aliphatic rings. The van der Waals surface area contributed by atoms with E-state index in [-0.39, 0.29) is 17.9 Å². The quantitative estimate of drug-likeness (QED) is 0.127. The molecular weight excluding hydrogens is 680 g/mol. The van der Waals surface area contributed by atoms with Crippen molar-refractivity contribution in [3.05, 3.63) is 148 Å². The molecule has 0 spiro atoms. The fourth-order valence-corrected chi connectivity index (χ4v) is 5.98. The van der Waals surface area contributed by atoms with Crippen molar-refractivity contribution in [2.45, 2.75) is 30.7 Å². The number of anilines is 1. The fourth-order valence-electron chi connectivity index (χ4n) is 5.50. The first kappa shape index (κ1) is 32.0. The Hall–Kier alpha value is -4.92. The summed E-state index contributed by atoms with van der Waals surface area (Å²) in [7, 11) is 0. The van der Waals surface area contributed by atoms with Crippen molar-refractivity contribution >= 4 is 51.0 Å². The lowest BCUT2D eigenvalue weighted by Crippen LogP contribution is -2.42. The maximum absolute atomic E-state index is 13.5. The minimum atomic E-state index is -1.21. The van der Waals surface area contributed by atoms with E-state index >= 15 is 0 Å². The molecule has 6 rings (SSSR count). The van der Waals surface area contributed by atoms with Crippen LogP contribution in [0.15, 0.2) is 126 Å². The van der Waals surface area contributed by atoms with Crippen molar-refractivity contribution in [1.82, 2.24) is 5.32 Å². The van der Waals surface area contributed by atoms with E-state index in [2.05, 4.69) is 26.6 Å². The molecular formula is C38H30BrClN2O5. The van der Waals surface area contributed by atoms with E-state index in [0.717, 1.165) is 28.0 Å². The van der Waals surface area contributed by atoms with E-state index in [1.54, 1.807) is 30.3 Å². The summed E-state index contributed by atoms with van der Waals surface area (Å²) in [5, 5.41) is 16.2. The number of nitrogens with one attached hydrogen (secondary N) is 2. The number of hydrogen-bond acceptors (Lipinski definition) is 4. The maximum Gasteiger partial charge on any atom is 0.326 e. The number of para-hydroxylation sites is 2. The largest absolute Gasteiger partial charge is 0.480 e. The molecule has 3 N–H and O–H groups in total. The topological polar surface area (TPSA) is 105 Å². The van der Waals surface area contributed by atoms with Crippen LogP contribution in [0.2, 0.25) is 5.02 Å². The van der Waals surface area contributed by atoms with Crippen molar-refractivity contribution in [1.29, 1.82) is 0 Å². The van der Waals surface area contributed by atoms with Gasteiger partial charge in [-0.3, -0.25) is 9.59 Å². The molecule has 1 atom stereocenters. The second-order valence-corrected chi connectivity index (χ2v) is 12.8. The Kier molecular flexibility index (Phi) is 9.43. The number of carbonyl (C=O) groups excluding carboxylic acids is 2.